The Morgan fingerprint density at radius 2 is 2.11 bits per heavy atom. The maximum atomic E-state index is 4.36. The summed E-state index contributed by atoms with van der Waals surface area (Å²) in [6, 6.07) is 12.3. The maximum Gasteiger partial charge on any atom is 0.207 e. The number of nitrogens with zero attached hydrogens (tertiary/aromatic N) is 2. The summed E-state index contributed by atoms with van der Waals surface area (Å²) in [5.74, 6) is 0.857. The van der Waals surface area contributed by atoms with Crippen LogP contribution in [0.5, 0.6) is 0 Å². The number of halogens is 1. The van der Waals surface area contributed by atoms with E-state index in [0.717, 1.165) is 22.7 Å². The molecule has 0 aliphatic rings. The normalized spacial score (nSPS) is 10.6. The second-order valence-corrected chi connectivity index (χ2v) is 5.95. The Balaban J connectivity index is 1.77. The predicted molar refractivity (Wildman–Crippen MR) is 82.9 cm³/mol. The van der Waals surface area contributed by atoms with Gasteiger partial charge in [-0.15, -0.1) is 11.3 Å². The largest absolute Gasteiger partial charge is 0.350 e. The number of nitrogens with one attached hydrogen (secondary N) is 1. The summed E-state index contributed by atoms with van der Waals surface area (Å²) >= 11 is 5.19. The molecule has 0 amide bonds. The Kier molecular flexibility index (Phi) is 3.66. The second kappa shape index (κ2) is 5.59. The highest BCUT2D eigenvalue weighted by molar-refractivity contribution is 9.10. The number of para-hydroxylation sites is 1. The highest BCUT2D eigenvalue weighted by atomic mass is 79.9. The molecular weight excluding hydrogens is 322 g/mol. The summed E-state index contributed by atoms with van der Waals surface area (Å²) in [5.41, 5.74) is 1.11. The van der Waals surface area contributed by atoms with E-state index in [-0.39, 0.29) is 0 Å². The molecule has 1 N–H and O–H groups in total. The van der Waals surface area contributed by atoms with Crippen LogP contribution in [0.4, 0.5) is 5.95 Å². The SMILES string of the molecule is Brc1csc(CNc2nccn2-c2ccccc2)c1. The van der Waals surface area contributed by atoms with E-state index in [1.54, 1.807) is 17.5 Å². The quantitative estimate of drug-likeness (QED) is 0.771. The summed E-state index contributed by atoms with van der Waals surface area (Å²) < 4.78 is 3.17. The number of hydrogen-bond donors (Lipinski definition) is 1. The van der Waals surface area contributed by atoms with Gasteiger partial charge in [-0.05, 0) is 34.1 Å². The van der Waals surface area contributed by atoms with Crippen LogP contribution in [0, 0.1) is 0 Å². The Morgan fingerprint density at radius 1 is 1.26 bits per heavy atom. The maximum absolute atomic E-state index is 4.36. The topological polar surface area (TPSA) is 29.9 Å². The van der Waals surface area contributed by atoms with E-state index in [4.69, 9.17) is 0 Å². The van der Waals surface area contributed by atoms with Gasteiger partial charge in [0.1, 0.15) is 0 Å². The Bertz CT molecular complexity index is 660. The van der Waals surface area contributed by atoms with Gasteiger partial charge in [-0.25, -0.2) is 4.98 Å². The first-order valence-corrected chi connectivity index (χ1v) is 7.56. The minimum absolute atomic E-state index is 0.778. The summed E-state index contributed by atoms with van der Waals surface area (Å²) in [4.78, 5) is 5.63. The van der Waals surface area contributed by atoms with Crippen LogP contribution in [0.15, 0.2) is 58.6 Å². The molecule has 3 aromatic rings. The molecule has 19 heavy (non-hydrogen) atoms. The van der Waals surface area contributed by atoms with Crippen molar-refractivity contribution in [3.63, 3.8) is 0 Å². The number of imidazole rings is 1. The Labute approximate surface area is 124 Å². The van der Waals surface area contributed by atoms with Crippen LogP contribution in [0.1, 0.15) is 4.88 Å². The molecule has 0 radical (unpaired) electrons. The van der Waals surface area contributed by atoms with Gasteiger partial charge in [-0.2, -0.15) is 0 Å². The van der Waals surface area contributed by atoms with Gasteiger partial charge in [-0.1, -0.05) is 18.2 Å². The lowest BCUT2D eigenvalue weighted by Crippen LogP contribution is -2.04. The van der Waals surface area contributed by atoms with E-state index in [1.807, 2.05) is 29.0 Å². The smallest absolute Gasteiger partial charge is 0.207 e. The van der Waals surface area contributed by atoms with Gasteiger partial charge >= 0.3 is 0 Å². The Hall–Kier alpha value is -1.59. The van der Waals surface area contributed by atoms with Crippen molar-refractivity contribution in [1.82, 2.24) is 9.55 Å². The molecule has 0 atom stereocenters. The van der Waals surface area contributed by atoms with Gasteiger partial charge in [0.25, 0.3) is 0 Å². The number of anilines is 1. The van der Waals surface area contributed by atoms with Gasteiger partial charge in [0.2, 0.25) is 5.95 Å². The highest BCUT2D eigenvalue weighted by Gasteiger charge is 2.05. The van der Waals surface area contributed by atoms with Crippen molar-refractivity contribution in [2.24, 2.45) is 0 Å². The number of benzene rings is 1. The second-order valence-electron chi connectivity index (χ2n) is 4.04. The first kappa shape index (κ1) is 12.4. The van der Waals surface area contributed by atoms with Crippen molar-refractivity contribution in [3.8, 4) is 5.69 Å². The minimum Gasteiger partial charge on any atom is -0.350 e. The summed E-state index contributed by atoms with van der Waals surface area (Å²) in [5, 5.41) is 5.45. The van der Waals surface area contributed by atoms with Crippen molar-refractivity contribution < 1.29 is 0 Å². The van der Waals surface area contributed by atoms with Crippen LogP contribution >= 0.6 is 27.3 Å². The fourth-order valence-corrected chi connectivity index (χ4v) is 3.23. The van der Waals surface area contributed by atoms with E-state index in [2.05, 4.69) is 49.8 Å². The van der Waals surface area contributed by atoms with Gasteiger partial charge in [0, 0.05) is 32.8 Å². The molecule has 5 heteroatoms. The van der Waals surface area contributed by atoms with Gasteiger partial charge < -0.3 is 5.32 Å². The first-order chi connectivity index (χ1) is 9.33. The molecule has 0 bridgehead atoms. The molecule has 1 aromatic carbocycles. The van der Waals surface area contributed by atoms with Gasteiger partial charge in [-0.3, -0.25) is 4.57 Å². The van der Waals surface area contributed by atoms with E-state index in [0.29, 0.717) is 0 Å². The molecule has 0 saturated heterocycles. The lowest BCUT2D eigenvalue weighted by atomic mass is 10.3. The predicted octanol–water partition coefficient (Wildman–Crippen LogP) is 4.31. The van der Waals surface area contributed by atoms with Crippen molar-refractivity contribution >= 4 is 33.2 Å². The van der Waals surface area contributed by atoms with Crippen LogP contribution in [0.25, 0.3) is 5.69 Å². The van der Waals surface area contributed by atoms with Crippen molar-refractivity contribution in [2.45, 2.75) is 6.54 Å². The molecule has 96 valence electrons. The molecule has 0 spiro atoms. The number of hydrogen-bond acceptors (Lipinski definition) is 3. The van der Waals surface area contributed by atoms with Gasteiger partial charge in [0.15, 0.2) is 0 Å². The molecule has 2 heterocycles. The zero-order valence-electron chi connectivity index (χ0n) is 10.1. The fourth-order valence-electron chi connectivity index (χ4n) is 1.84. The van der Waals surface area contributed by atoms with E-state index in [1.165, 1.54) is 4.88 Å². The van der Waals surface area contributed by atoms with E-state index < -0.39 is 0 Å². The summed E-state index contributed by atoms with van der Waals surface area (Å²) in [6.45, 7) is 0.778. The molecule has 0 aliphatic heterocycles. The molecule has 0 saturated carbocycles. The standard InChI is InChI=1S/C14H12BrN3S/c15-11-8-13(19-10-11)9-17-14-16-6-7-18(14)12-4-2-1-3-5-12/h1-8,10H,9H2,(H,16,17). The molecule has 3 rings (SSSR count). The van der Waals surface area contributed by atoms with E-state index >= 15 is 0 Å². The minimum atomic E-state index is 0.778. The molecule has 3 nitrogen and oxygen atoms in total. The Morgan fingerprint density at radius 3 is 2.84 bits per heavy atom. The molecular formula is C14H12BrN3S. The van der Waals surface area contributed by atoms with Gasteiger partial charge in [0.05, 0.1) is 6.54 Å². The zero-order valence-corrected chi connectivity index (χ0v) is 12.5. The van der Waals surface area contributed by atoms with Crippen molar-refractivity contribution in [2.75, 3.05) is 5.32 Å². The number of rotatable bonds is 4. The van der Waals surface area contributed by atoms with Crippen molar-refractivity contribution in [1.29, 1.82) is 0 Å². The lowest BCUT2D eigenvalue weighted by Gasteiger charge is -2.08. The average molecular weight is 334 g/mol. The summed E-state index contributed by atoms with van der Waals surface area (Å²) in [6.07, 6.45) is 3.77. The van der Waals surface area contributed by atoms with E-state index in [9.17, 15) is 0 Å². The fraction of sp³-hybridized carbons (Fsp3) is 0.0714. The molecule has 0 unspecified atom stereocenters. The van der Waals surface area contributed by atoms with Crippen LogP contribution in [0.3, 0.4) is 0 Å². The summed E-state index contributed by atoms with van der Waals surface area (Å²) in [7, 11) is 0. The van der Waals surface area contributed by atoms with Crippen molar-refractivity contribution in [3.05, 3.63) is 63.5 Å². The first-order valence-electron chi connectivity index (χ1n) is 5.88. The average Bonchev–Trinajstić information content (AvgIpc) is 3.06. The molecule has 0 aliphatic carbocycles. The van der Waals surface area contributed by atoms with Crippen LogP contribution in [0.2, 0.25) is 0 Å². The monoisotopic (exact) mass is 333 g/mol. The third-order valence-corrected chi connectivity index (χ3v) is 4.42. The third-order valence-electron chi connectivity index (χ3n) is 2.72. The number of aromatic nitrogens is 2. The van der Waals surface area contributed by atoms with Crippen LogP contribution < -0.4 is 5.32 Å². The number of thiophene rings is 1. The molecule has 2 aromatic heterocycles. The third kappa shape index (κ3) is 2.88. The van der Waals surface area contributed by atoms with Crippen LogP contribution in [-0.4, -0.2) is 9.55 Å². The highest BCUT2D eigenvalue weighted by Crippen LogP contribution is 2.21. The lowest BCUT2D eigenvalue weighted by molar-refractivity contribution is 1.01. The zero-order chi connectivity index (χ0) is 13.1. The van der Waals surface area contributed by atoms with Crippen LogP contribution in [-0.2, 0) is 6.54 Å². The molecule has 0 fully saturated rings.